The molecule has 3 heteroatoms. The molecule has 0 amide bonds. The molecule has 1 unspecified atom stereocenters. The van der Waals surface area contributed by atoms with Crippen LogP contribution >= 0.6 is 0 Å². The Kier molecular flexibility index (Phi) is 3.24. The lowest BCUT2D eigenvalue weighted by molar-refractivity contribution is -0.121. The van der Waals surface area contributed by atoms with Crippen LogP contribution in [0.15, 0.2) is 0 Å². The Morgan fingerprint density at radius 3 is 3.00 bits per heavy atom. The largest absolute Gasteiger partial charge is 0.298 e. The van der Waals surface area contributed by atoms with Crippen molar-refractivity contribution < 1.29 is 4.79 Å². The van der Waals surface area contributed by atoms with Gasteiger partial charge in [0.15, 0.2) is 0 Å². The minimum atomic E-state index is 0.0957. The van der Waals surface area contributed by atoms with E-state index in [0.717, 1.165) is 19.3 Å². The Labute approximate surface area is 73.0 Å². The lowest BCUT2D eigenvalue weighted by atomic mass is 10.2. The third-order valence-corrected chi connectivity index (χ3v) is 2.38. The van der Waals surface area contributed by atoms with Gasteiger partial charge in [-0.3, -0.25) is 9.69 Å². The van der Waals surface area contributed by atoms with Crippen LogP contribution in [0.5, 0.6) is 0 Å². The van der Waals surface area contributed by atoms with Gasteiger partial charge in [-0.1, -0.05) is 0 Å². The van der Waals surface area contributed by atoms with E-state index in [1.54, 1.807) is 0 Å². The predicted octanol–water partition coefficient (Wildman–Crippen LogP) is 0.953. The van der Waals surface area contributed by atoms with E-state index in [4.69, 9.17) is 5.26 Å². The third-order valence-electron chi connectivity index (χ3n) is 2.38. The van der Waals surface area contributed by atoms with E-state index in [-0.39, 0.29) is 6.04 Å². The second kappa shape index (κ2) is 4.22. The molecule has 12 heavy (non-hydrogen) atoms. The van der Waals surface area contributed by atoms with Gasteiger partial charge in [-0.25, -0.2) is 0 Å². The van der Waals surface area contributed by atoms with Crippen molar-refractivity contribution in [1.82, 2.24) is 4.90 Å². The molecule has 1 aliphatic carbocycles. The fourth-order valence-corrected chi connectivity index (χ4v) is 1.65. The zero-order valence-electron chi connectivity index (χ0n) is 7.42. The number of carbonyl (C=O) groups excluding carboxylic acids is 1. The summed E-state index contributed by atoms with van der Waals surface area (Å²) < 4.78 is 0. The van der Waals surface area contributed by atoms with Gasteiger partial charge in [0.2, 0.25) is 0 Å². The first-order valence-corrected chi connectivity index (χ1v) is 4.35. The topological polar surface area (TPSA) is 44.1 Å². The Balaban J connectivity index is 2.36. The number of likely N-dealkylation sites (N-methyl/N-ethyl adjacent to an activating group) is 1. The van der Waals surface area contributed by atoms with Crippen molar-refractivity contribution in [2.24, 2.45) is 0 Å². The van der Waals surface area contributed by atoms with Gasteiger partial charge in [0.1, 0.15) is 5.78 Å². The van der Waals surface area contributed by atoms with E-state index in [2.05, 4.69) is 6.07 Å². The molecule has 0 bridgehead atoms. The van der Waals surface area contributed by atoms with Crippen LogP contribution in [-0.2, 0) is 4.79 Å². The van der Waals surface area contributed by atoms with Crippen LogP contribution in [0.4, 0.5) is 0 Å². The molecule has 1 fully saturated rings. The van der Waals surface area contributed by atoms with E-state index in [1.807, 2.05) is 11.9 Å². The average molecular weight is 166 g/mol. The fraction of sp³-hybridized carbons (Fsp3) is 0.778. The Bertz CT molecular complexity index is 207. The predicted molar refractivity (Wildman–Crippen MR) is 45.5 cm³/mol. The summed E-state index contributed by atoms with van der Waals surface area (Å²) in [6.45, 7) is 0.715. The summed E-state index contributed by atoms with van der Waals surface area (Å²) in [5.74, 6) is 0.343. The second-order valence-corrected chi connectivity index (χ2v) is 3.26. The molecule has 0 radical (unpaired) electrons. The summed E-state index contributed by atoms with van der Waals surface area (Å²) in [6.07, 6.45) is 3.23. The van der Waals surface area contributed by atoms with Gasteiger partial charge < -0.3 is 0 Å². The minimum absolute atomic E-state index is 0.0957. The number of carbonyl (C=O) groups is 1. The zero-order chi connectivity index (χ0) is 8.97. The van der Waals surface area contributed by atoms with Gasteiger partial charge in [-0.15, -0.1) is 0 Å². The number of Topliss-reactive ketones (excluding diaryl/α,β-unsaturated/α-hetero) is 1. The molecular formula is C9H14N2O. The number of hydrogen-bond acceptors (Lipinski definition) is 3. The maximum absolute atomic E-state index is 11.3. The highest BCUT2D eigenvalue weighted by Gasteiger charge is 2.27. The van der Waals surface area contributed by atoms with Crippen molar-refractivity contribution in [2.75, 3.05) is 13.6 Å². The molecule has 0 N–H and O–H groups in total. The van der Waals surface area contributed by atoms with Crippen LogP contribution in [0, 0.1) is 11.3 Å². The molecular weight excluding hydrogens is 152 g/mol. The van der Waals surface area contributed by atoms with Gasteiger partial charge in [-0.2, -0.15) is 5.26 Å². The SMILES string of the molecule is CN(CCC#N)C1CCCC1=O. The zero-order valence-corrected chi connectivity index (χ0v) is 7.42. The van der Waals surface area contributed by atoms with E-state index in [0.29, 0.717) is 18.7 Å². The highest BCUT2D eigenvalue weighted by Crippen LogP contribution is 2.18. The van der Waals surface area contributed by atoms with Gasteiger partial charge in [0, 0.05) is 19.4 Å². The number of ketones is 1. The van der Waals surface area contributed by atoms with Crippen LogP contribution < -0.4 is 0 Å². The molecule has 0 aromatic heterocycles. The van der Waals surface area contributed by atoms with Crippen LogP contribution in [0.25, 0.3) is 0 Å². The van der Waals surface area contributed by atoms with Crippen molar-refractivity contribution in [3.05, 3.63) is 0 Å². The fourth-order valence-electron chi connectivity index (χ4n) is 1.65. The van der Waals surface area contributed by atoms with Gasteiger partial charge in [0.05, 0.1) is 12.1 Å². The molecule has 0 aromatic rings. The van der Waals surface area contributed by atoms with Gasteiger partial charge in [-0.05, 0) is 19.9 Å². The summed E-state index contributed by atoms with van der Waals surface area (Å²) in [4.78, 5) is 13.3. The lowest BCUT2D eigenvalue weighted by Crippen LogP contribution is -2.35. The Morgan fingerprint density at radius 1 is 1.75 bits per heavy atom. The van der Waals surface area contributed by atoms with Gasteiger partial charge in [0.25, 0.3) is 0 Å². The standard InChI is InChI=1S/C9H14N2O/c1-11(7-3-6-10)8-4-2-5-9(8)12/h8H,2-5,7H2,1H3. The summed E-state index contributed by atoms with van der Waals surface area (Å²) in [7, 11) is 1.92. The van der Waals surface area contributed by atoms with Gasteiger partial charge >= 0.3 is 0 Å². The maximum Gasteiger partial charge on any atom is 0.149 e. The molecule has 1 saturated carbocycles. The second-order valence-electron chi connectivity index (χ2n) is 3.26. The smallest absolute Gasteiger partial charge is 0.149 e. The monoisotopic (exact) mass is 166 g/mol. The highest BCUT2D eigenvalue weighted by molar-refractivity contribution is 5.85. The van der Waals surface area contributed by atoms with Crippen LogP contribution in [0.2, 0.25) is 0 Å². The quantitative estimate of drug-likeness (QED) is 0.627. The molecule has 0 saturated heterocycles. The summed E-state index contributed by atoms with van der Waals surface area (Å²) >= 11 is 0. The van der Waals surface area contributed by atoms with E-state index < -0.39 is 0 Å². The molecule has 0 aliphatic heterocycles. The summed E-state index contributed by atoms with van der Waals surface area (Å²) in [5, 5.41) is 8.36. The maximum atomic E-state index is 11.3. The van der Waals surface area contributed by atoms with Crippen molar-refractivity contribution >= 4 is 5.78 Å². The van der Waals surface area contributed by atoms with E-state index in [1.165, 1.54) is 0 Å². The molecule has 3 nitrogen and oxygen atoms in total. The molecule has 0 heterocycles. The van der Waals surface area contributed by atoms with Crippen LogP contribution in [0.3, 0.4) is 0 Å². The molecule has 66 valence electrons. The molecule has 1 aliphatic rings. The first-order valence-electron chi connectivity index (χ1n) is 4.35. The van der Waals surface area contributed by atoms with Crippen LogP contribution in [-0.4, -0.2) is 30.3 Å². The molecule has 1 rings (SSSR count). The number of rotatable bonds is 3. The van der Waals surface area contributed by atoms with Crippen molar-refractivity contribution in [3.63, 3.8) is 0 Å². The van der Waals surface area contributed by atoms with E-state index >= 15 is 0 Å². The summed E-state index contributed by atoms with van der Waals surface area (Å²) in [6, 6.07) is 2.18. The Hall–Kier alpha value is -0.880. The van der Waals surface area contributed by atoms with Crippen molar-refractivity contribution in [2.45, 2.75) is 31.7 Å². The van der Waals surface area contributed by atoms with Crippen LogP contribution in [0.1, 0.15) is 25.7 Å². The number of hydrogen-bond donors (Lipinski definition) is 0. The van der Waals surface area contributed by atoms with Crippen molar-refractivity contribution in [3.8, 4) is 6.07 Å². The molecule has 0 spiro atoms. The summed E-state index contributed by atoms with van der Waals surface area (Å²) in [5.41, 5.74) is 0. The average Bonchev–Trinajstić information content (AvgIpc) is 2.47. The normalized spacial score (nSPS) is 23.1. The van der Waals surface area contributed by atoms with E-state index in [9.17, 15) is 4.79 Å². The van der Waals surface area contributed by atoms with Crippen molar-refractivity contribution in [1.29, 1.82) is 5.26 Å². The number of nitrogens with zero attached hydrogens (tertiary/aromatic N) is 2. The first-order chi connectivity index (χ1) is 5.75. The first kappa shape index (κ1) is 9.21. The third kappa shape index (κ3) is 2.05. The highest BCUT2D eigenvalue weighted by atomic mass is 16.1. The minimum Gasteiger partial charge on any atom is -0.298 e. The Morgan fingerprint density at radius 2 is 2.50 bits per heavy atom. The number of nitriles is 1. The lowest BCUT2D eigenvalue weighted by Gasteiger charge is -2.20. The molecule has 0 aromatic carbocycles. The molecule has 1 atom stereocenters.